The third kappa shape index (κ3) is 6.20. The number of hydrogen-bond acceptors (Lipinski definition) is 12. The fourth-order valence-electron chi connectivity index (χ4n) is 8.42. The van der Waals surface area contributed by atoms with Gasteiger partial charge in [-0.05, 0) is 83.4 Å². The Morgan fingerprint density at radius 2 is 1.47 bits per heavy atom. The summed E-state index contributed by atoms with van der Waals surface area (Å²) in [6.07, 6.45) is 5.18. The van der Waals surface area contributed by atoms with Crippen LogP contribution in [0, 0.1) is 5.92 Å². The molecule has 0 saturated carbocycles. The van der Waals surface area contributed by atoms with E-state index in [9.17, 15) is 45.6 Å². The molecular formula is C45H44O12. The fourth-order valence-corrected chi connectivity index (χ4v) is 8.42. The molecule has 57 heavy (non-hydrogen) atoms. The van der Waals surface area contributed by atoms with Gasteiger partial charge in [0.1, 0.15) is 57.3 Å². The molecular weight excluding hydrogens is 732 g/mol. The van der Waals surface area contributed by atoms with Crippen LogP contribution in [-0.4, -0.2) is 58.0 Å². The number of allylic oxidation sites excluding steroid dienone is 5. The smallest absolute Gasteiger partial charge is 0.286 e. The summed E-state index contributed by atoms with van der Waals surface area (Å²) in [5.74, 6) is -10.6. The normalized spacial score (nSPS) is 23.2. The van der Waals surface area contributed by atoms with Gasteiger partial charge in [0.05, 0.1) is 11.1 Å². The number of rotatable bonds is 8. The monoisotopic (exact) mass is 776 g/mol. The lowest BCUT2D eigenvalue weighted by Crippen LogP contribution is -2.62. The van der Waals surface area contributed by atoms with E-state index in [-0.39, 0.29) is 81.6 Å². The summed E-state index contributed by atoms with van der Waals surface area (Å²) in [7, 11) is 0. The first kappa shape index (κ1) is 38.9. The number of ketones is 2. The van der Waals surface area contributed by atoms with Gasteiger partial charge in [0.25, 0.3) is 5.79 Å². The number of phenols is 7. The van der Waals surface area contributed by atoms with Crippen molar-refractivity contribution in [1.29, 1.82) is 0 Å². The maximum atomic E-state index is 15.0. The van der Waals surface area contributed by atoms with Crippen molar-refractivity contribution >= 4 is 11.6 Å². The topological polar surface area (TPSA) is 214 Å². The Balaban J connectivity index is 1.44. The van der Waals surface area contributed by atoms with Crippen LogP contribution in [0.4, 0.5) is 0 Å². The third-order valence-electron chi connectivity index (χ3n) is 11.2. The molecule has 4 aromatic carbocycles. The van der Waals surface area contributed by atoms with Crippen molar-refractivity contribution in [2.45, 2.75) is 77.1 Å². The fraction of sp³-hybridized carbons (Fsp3) is 0.289. The van der Waals surface area contributed by atoms with E-state index in [0.29, 0.717) is 5.57 Å². The Morgan fingerprint density at radius 3 is 2.16 bits per heavy atom. The highest BCUT2D eigenvalue weighted by atomic mass is 16.7. The van der Waals surface area contributed by atoms with Crippen LogP contribution in [0.25, 0.3) is 0 Å². The Kier molecular flexibility index (Phi) is 9.52. The molecule has 5 atom stereocenters. The van der Waals surface area contributed by atoms with E-state index < -0.39 is 63.5 Å². The number of benzene rings is 4. The minimum atomic E-state index is -2.46. The Morgan fingerprint density at radius 1 is 0.789 bits per heavy atom. The lowest BCUT2D eigenvalue weighted by atomic mass is 9.64. The molecule has 0 radical (unpaired) electrons. The summed E-state index contributed by atoms with van der Waals surface area (Å²) in [4.78, 5) is 30.0. The summed E-state index contributed by atoms with van der Waals surface area (Å²) >= 11 is 0. The number of ether oxygens (including phenoxy) is 2. The molecule has 7 rings (SSSR count). The minimum Gasteiger partial charge on any atom is -0.508 e. The van der Waals surface area contributed by atoms with Gasteiger partial charge < -0.3 is 50.3 Å². The Labute approximate surface area is 328 Å². The standard InChI is InChI=1S/C45H44O12/c1-21(2)6-9-27-32(48)13-11-28(40(27)51)41(52)37-29(26-10-7-24(46)18-33(26)49)16-23(5)17-30(37)38-34(50)20-36-39(42(38)53)43(54)44(15-14-22(3)4)45(55,57-36)31-12-8-25(47)19-35(31)56-44/h6-8,10-14,17-20,29-30,37,46-51,53,55H,9,15-16H2,1-5H3/t29-,30+,37-,44+,45+/m0/s1. The van der Waals surface area contributed by atoms with E-state index >= 15 is 4.79 Å². The zero-order chi connectivity index (χ0) is 41.3. The van der Waals surface area contributed by atoms with Crippen molar-refractivity contribution in [1.82, 2.24) is 0 Å². The summed E-state index contributed by atoms with van der Waals surface area (Å²) in [5.41, 5.74) is -0.284. The highest BCUT2D eigenvalue weighted by molar-refractivity contribution is 6.10. The summed E-state index contributed by atoms with van der Waals surface area (Å²) in [6, 6.07) is 11.5. The predicted molar refractivity (Wildman–Crippen MR) is 208 cm³/mol. The number of carbonyl (C=O) groups is 2. The minimum absolute atomic E-state index is 0.0320. The molecule has 12 heteroatoms. The largest absolute Gasteiger partial charge is 0.508 e. The molecule has 3 aliphatic rings. The molecule has 0 aromatic heterocycles. The molecule has 12 nitrogen and oxygen atoms in total. The van der Waals surface area contributed by atoms with Crippen LogP contribution in [0.1, 0.15) is 102 Å². The molecule has 0 fully saturated rings. The average molecular weight is 777 g/mol. The van der Waals surface area contributed by atoms with E-state index in [1.54, 1.807) is 39.0 Å². The van der Waals surface area contributed by atoms with Gasteiger partial charge in [-0.2, -0.15) is 0 Å². The highest BCUT2D eigenvalue weighted by Gasteiger charge is 2.70. The van der Waals surface area contributed by atoms with Crippen LogP contribution in [0.5, 0.6) is 51.7 Å². The number of Topliss-reactive ketones (excluding diaryl/α,β-unsaturated/α-hetero) is 2. The molecule has 0 bridgehead atoms. The second kappa shape index (κ2) is 14.0. The average Bonchev–Trinajstić information content (AvgIpc) is 3.37. The molecule has 2 aliphatic heterocycles. The number of aliphatic hydroxyl groups is 1. The first-order valence-electron chi connectivity index (χ1n) is 18.5. The van der Waals surface area contributed by atoms with E-state index in [4.69, 9.17) is 9.47 Å². The van der Waals surface area contributed by atoms with Crippen LogP contribution in [-0.2, 0) is 12.2 Å². The van der Waals surface area contributed by atoms with Crippen LogP contribution in [0.15, 0.2) is 89.5 Å². The van der Waals surface area contributed by atoms with Crippen molar-refractivity contribution < 1.29 is 59.9 Å². The van der Waals surface area contributed by atoms with Gasteiger partial charge in [-0.3, -0.25) is 9.59 Å². The number of phenolic OH excluding ortho intramolecular Hbond substituents is 7. The maximum absolute atomic E-state index is 15.0. The second-order valence-electron chi connectivity index (χ2n) is 15.6. The quantitative estimate of drug-likeness (QED) is 0.0637. The SMILES string of the molecule is CC(C)=CCc1c(O)ccc(C(=O)[C@@H]2[C@H](c3c(O)cc4c(c3O)C(=O)[C@@]3(CC=C(C)C)Oc5cc(O)ccc5[C@@]3(O)O4)C=C(C)C[C@H]2c2ccc(O)cc2O)c1O. The van der Waals surface area contributed by atoms with E-state index in [1.165, 1.54) is 42.5 Å². The maximum Gasteiger partial charge on any atom is 0.286 e. The number of hydrogen-bond donors (Lipinski definition) is 8. The van der Waals surface area contributed by atoms with Crippen LogP contribution >= 0.6 is 0 Å². The molecule has 0 unspecified atom stereocenters. The van der Waals surface area contributed by atoms with E-state index in [2.05, 4.69) is 0 Å². The molecule has 8 N–H and O–H groups in total. The van der Waals surface area contributed by atoms with Gasteiger partial charge in [0, 0.05) is 53.5 Å². The summed E-state index contributed by atoms with van der Waals surface area (Å²) in [6.45, 7) is 9.03. The Bertz CT molecular complexity index is 2450. The van der Waals surface area contributed by atoms with Crippen LogP contribution < -0.4 is 9.47 Å². The van der Waals surface area contributed by atoms with Crippen molar-refractivity contribution in [2.75, 3.05) is 0 Å². The predicted octanol–water partition coefficient (Wildman–Crippen LogP) is 7.76. The van der Waals surface area contributed by atoms with Crippen LogP contribution in [0.2, 0.25) is 0 Å². The van der Waals surface area contributed by atoms with Crippen molar-refractivity contribution in [3.05, 3.63) is 123 Å². The van der Waals surface area contributed by atoms with Gasteiger partial charge in [0.2, 0.25) is 11.4 Å². The Hall–Kier alpha value is -6.40. The lowest BCUT2D eigenvalue weighted by molar-refractivity contribution is -0.221. The van der Waals surface area contributed by atoms with Gasteiger partial charge >= 0.3 is 0 Å². The van der Waals surface area contributed by atoms with Gasteiger partial charge in [-0.25, -0.2) is 0 Å². The summed E-state index contributed by atoms with van der Waals surface area (Å²) < 4.78 is 12.4. The van der Waals surface area contributed by atoms with Gasteiger partial charge in [0.15, 0.2) is 5.78 Å². The molecule has 0 spiro atoms. The second-order valence-corrected chi connectivity index (χ2v) is 15.6. The summed E-state index contributed by atoms with van der Waals surface area (Å²) in [5, 5.41) is 90.2. The zero-order valence-corrected chi connectivity index (χ0v) is 32.0. The molecule has 0 amide bonds. The van der Waals surface area contributed by atoms with Crippen LogP contribution in [0.3, 0.4) is 0 Å². The molecule has 4 aromatic rings. The third-order valence-corrected chi connectivity index (χ3v) is 11.2. The highest BCUT2D eigenvalue weighted by Crippen LogP contribution is 2.60. The van der Waals surface area contributed by atoms with Gasteiger partial charge in [-0.1, -0.05) is 41.0 Å². The molecule has 296 valence electrons. The zero-order valence-electron chi connectivity index (χ0n) is 32.0. The molecule has 1 aliphatic carbocycles. The molecule has 2 heterocycles. The number of carbonyl (C=O) groups excluding carboxylic acids is 2. The first-order valence-corrected chi connectivity index (χ1v) is 18.5. The lowest BCUT2D eigenvalue weighted by Gasteiger charge is -2.43. The van der Waals surface area contributed by atoms with E-state index in [1.807, 2.05) is 13.8 Å². The number of aromatic hydroxyl groups is 7. The van der Waals surface area contributed by atoms with E-state index in [0.717, 1.165) is 23.3 Å². The molecule has 0 saturated heterocycles. The first-order chi connectivity index (χ1) is 26.9. The van der Waals surface area contributed by atoms with Crippen molar-refractivity contribution in [3.8, 4) is 51.7 Å². The van der Waals surface area contributed by atoms with Crippen molar-refractivity contribution in [2.24, 2.45) is 5.92 Å². The van der Waals surface area contributed by atoms with Crippen molar-refractivity contribution in [3.63, 3.8) is 0 Å². The van der Waals surface area contributed by atoms with Gasteiger partial charge in [-0.15, -0.1) is 0 Å². The number of fused-ring (bicyclic) bond motifs is 4.